The molecule has 4 unspecified atom stereocenters. The highest BCUT2D eigenvalue weighted by atomic mass is 19.3. The Morgan fingerprint density at radius 3 is 2.80 bits per heavy atom. The highest BCUT2D eigenvalue weighted by Crippen LogP contribution is 2.55. The Morgan fingerprint density at radius 1 is 1.20 bits per heavy atom. The third-order valence-electron chi connectivity index (χ3n) is 5.47. The summed E-state index contributed by atoms with van der Waals surface area (Å²) < 4.78 is 29.3. The molecule has 2 bridgehead atoms. The number of benzene rings is 1. The normalized spacial score (nSPS) is 34.4. The summed E-state index contributed by atoms with van der Waals surface area (Å²) in [5.41, 5.74) is 2.28. The van der Waals surface area contributed by atoms with Crippen LogP contribution < -0.4 is 10.1 Å². The fourth-order valence-electron chi connectivity index (χ4n) is 4.68. The van der Waals surface area contributed by atoms with E-state index in [9.17, 15) is 8.78 Å². The minimum Gasteiger partial charge on any atom is -0.435 e. The van der Waals surface area contributed by atoms with Crippen molar-refractivity contribution >= 4 is 5.69 Å². The molecule has 0 amide bonds. The first-order valence-corrected chi connectivity index (χ1v) is 7.53. The van der Waals surface area contributed by atoms with E-state index >= 15 is 0 Å². The van der Waals surface area contributed by atoms with Crippen LogP contribution in [0.1, 0.15) is 37.2 Å². The average Bonchev–Trinajstić information content (AvgIpc) is 3.11. The molecule has 0 radical (unpaired) electrons. The number of alkyl halides is 2. The van der Waals surface area contributed by atoms with Crippen LogP contribution in [0.3, 0.4) is 0 Å². The van der Waals surface area contributed by atoms with E-state index in [0.717, 1.165) is 30.0 Å². The van der Waals surface area contributed by atoms with Crippen LogP contribution in [-0.2, 0) is 0 Å². The second kappa shape index (κ2) is 4.61. The van der Waals surface area contributed by atoms with Crippen LogP contribution in [0.4, 0.5) is 14.5 Å². The van der Waals surface area contributed by atoms with Crippen molar-refractivity contribution in [3.8, 4) is 5.75 Å². The van der Waals surface area contributed by atoms with Crippen molar-refractivity contribution in [3.63, 3.8) is 0 Å². The van der Waals surface area contributed by atoms with E-state index in [4.69, 9.17) is 0 Å². The van der Waals surface area contributed by atoms with Gasteiger partial charge in [0, 0.05) is 18.2 Å². The lowest BCUT2D eigenvalue weighted by atomic mass is 9.77. The topological polar surface area (TPSA) is 21.3 Å². The molecule has 2 fully saturated rings. The van der Waals surface area contributed by atoms with Gasteiger partial charge in [-0.15, -0.1) is 0 Å². The van der Waals surface area contributed by atoms with Crippen LogP contribution in [0.2, 0.25) is 0 Å². The second-order valence-electron chi connectivity index (χ2n) is 6.45. The molecule has 20 heavy (non-hydrogen) atoms. The fraction of sp³-hybridized carbons (Fsp3) is 0.625. The molecular formula is C16H19F2NO. The molecule has 2 nitrogen and oxygen atoms in total. The van der Waals surface area contributed by atoms with Crippen molar-refractivity contribution in [1.29, 1.82) is 0 Å². The summed E-state index contributed by atoms with van der Waals surface area (Å²) in [6.45, 7) is -1.80. The Morgan fingerprint density at radius 2 is 2.10 bits per heavy atom. The standard InChI is InChI=1S/C16H19F2NO/c17-16(18)20-11-3-4-15-13(7-11)14(8-19-15)12-6-9-1-2-10(12)5-9/h3-4,7,9-10,12,14,16,19H,1-2,5-6,8H2. The van der Waals surface area contributed by atoms with E-state index in [-0.39, 0.29) is 5.75 Å². The maximum atomic E-state index is 12.4. The highest BCUT2D eigenvalue weighted by molar-refractivity contribution is 5.60. The van der Waals surface area contributed by atoms with Crippen molar-refractivity contribution in [2.45, 2.75) is 38.2 Å². The summed E-state index contributed by atoms with van der Waals surface area (Å²) in [6, 6.07) is 5.32. The van der Waals surface area contributed by atoms with E-state index in [1.165, 1.54) is 31.2 Å². The Kier molecular flexibility index (Phi) is 2.86. The van der Waals surface area contributed by atoms with Crippen molar-refractivity contribution in [1.82, 2.24) is 0 Å². The molecule has 2 aliphatic carbocycles. The van der Waals surface area contributed by atoms with Crippen LogP contribution in [0.25, 0.3) is 0 Å². The predicted molar refractivity (Wildman–Crippen MR) is 73.2 cm³/mol. The number of ether oxygens (including phenoxy) is 1. The molecule has 1 N–H and O–H groups in total. The second-order valence-corrected chi connectivity index (χ2v) is 6.45. The summed E-state index contributed by atoms with van der Waals surface area (Å²) in [4.78, 5) is 0. The van der Waals surface area contributed by atoms with E-state index < -0.39 is 6.61 Å². The number of fused-ring (bicyclic) bond motifs is 3. The minimum atomic E-state index is -2.75. The van der Waals surface area contributed by atoms with Crippen molar-refractivity contribution in [3.05, 3.63) is 23.8 Å². The Balaban J connectivity index is 1.60. The summed E-state index contributed by atoms with van der Waals surface area (Å²) >= 11 is 0. The first-order valence-electron chi connectivity index (χ1n) is 7.53. The maximum absolute atomic E-state index is 12.4. The number of anilines is 1. The molecule has 2 saturated carbocycles. The molecule has 4 atom stereocenters. The third-order valence-corrected chi connectivity index (χ3v) is 5.47. The van der Waals surface area contributed by atoms with Crippen molar-refractivity contribution in [2.75, 3.05) is 11.9 Å². The van der Waals surface area contributed by atoms with Gasteiger partial charge in [-0.2, -0.15) is 8.78 Å². The number of hydrogen-bond acceptors (Lipinski definition) is 2. The van der Waals surface area contributed by atoms with E-state index in [1.807, 2.05) is 12.1 Å². The number of nitrogens with one attached hydrogen (secondary N) is 1. The number of rotatable bonds is 3. The first kappa shape index (κ1) is 12.4. The largest absolute Gasteiger partial charge is 0.435 e. The lowest BCUT2D eigenvalue weighted by Gasteiger charge is -2.27. The minimum absolute atomic E-state index is 0.288. The molecule has 1 aromatic carbocycles. The summed E-state index contributed by atoms with van der Waals surface area (Å²) in [7, 11) is 0. The predicted octanol–water partition coefficient (Wildman–Crippen LogP) is 4.23. The molecule has 1 aliphatic heterocycles. The van der Waals surface area contributed by atoms with Gasteiger partial charge in [-0.05, 0) is 60.8 Å². The van der Waals surface area contributed by atoms with Crippen molar-refractivity contribution in [2.24, 2.45) is 17.8 Å². The van der Waals surface area contributed by atoms with Crippen LogP contribution in [0.5, 0.6) is 5.75 Å². The monoisotopic (exact) mass is 279 g/mol. The molecule has 1 aromatic rings. The lowest BCUT2D eigenvalue weighted by molar-refractivity contribution is -0.0498. The van der Waals surface area contributed by atoms with Crippen LogP contribution >= 0.6 is 0 Å². The fourth-order valence-corrected chi connectivity index (χ4v) is 4.68. The van der Waals surface area contributed by atoms with Crippen LogP contribution in [0, 0.1) is 17.8 Å². The zero-order valence-electron chi connectivity index (χ0n) is 11.3. The molecule has 0 aromatic heterocycles. The van der Waals surface area contributed by atoms with Gasteiger partial charge in [-0.1, -0.05) is 6.42 Å². The van der Waals surface area contributed by atoms with Crippen LogP contribution in [-0.4, -0.2) is 13.2 Å². The molecule has 3 aliphatic rings. The molecule has 108 valence electrons. The quantitative estimate of drug-likeness (QED) is 0.894. The molecular weight excluding hydrogens is 260 g/mol. The Bertz CT molecular complexity index is 519. The number of halogens is 2. The third kappa shape index (κ3) is 1.97. The Hall–Kier alpha value is -1.32. The first-order chi connectivity index (χ1) is 9.70. The molecule has 0 spiro atoms. The smallest absolute Gasteiger partial charge is 0.387 e. The summed E-state index contributed by atoms with van der Waals surface area (Å²) in [5, 5.41) is 3.42. The van der Waals surface area contributed by atoms with E-state index in [0.29, 0.717) is 5.92 Å². The highest BCUT2D eigenvalue weighted by Gasteiger charge is 2.45. The zero-order chi connectivity index (χ0) is 13.7. The van der Waals surface area contributed by atoms with E-state index in [2.05, 4.69) is 10.1 Å². The SMILES string of the molecule is FC(F)Oc1ccc2c(c1)C(C1CC3CCC1C3)CN2. The van der Waals surface area contributed by atoms with Crippen molar-refractivity contribution < 1.29 is 13.5 Å². The van der Waals surface area contributed by atoms with Gasteiger partial charge in [0.1, 0.15) is 5.75 Å². The zero-order valence-corrected chi connectivity index (χ0v) is 11.3. The van der Waals surface area contributed by atoms with Gasteiger partial charge in [-0.3, -0.25) is 0 Å². The van der Waals surface area contributed by atoms with Gasteiger partial charge in [0.15, 0.2) is 0 Å². The molecule has 4 heteroatoms. The summed E-state index contributed by atoms with van der Waals surface area (Å²) in [5.74, 6) is 3.24. The van der Waals surface area contributed by atoms with Gasteiger partial charge < -0.3 is 10.1 Å². The van der Waals surface area contributed by atoms with Gasteiger partial charge >= 0.3 is 6.61 Å². The summed E-state index contributed by atoms with van der Waals surface area (Å²) in [6.07, 6.45) is 5.44. The molecule has 1 heterocycles. The Labute approximate surface area is 117 Å². The molecule has 4 rings (SSSR count). The van der Waals surface area contributed by atoms with Gasteiger partial charge in [-0.25, -0.2) is 0 Å². The average molecular weight is 279 g/mol. The lowest BCUT2D eigenvalue weighted by Crippen LogP contribution is -2.20. The number of hydrogen-bond donors (Lipinski definition) is 1. The van der Waals surface area contributed by atoms with Gasteiger partial charge in [0.2, 0.25) is 0 Å². The van der Waals surface area contributed by atoms with E-state index in [1.54, 1.807) is 6.07 Å². The van der Waals surface area contributed by atoms with Gasteiger partial charge in [0.05, 0.1) is 0 Å². The van der Waals surface area contributed by atoms with Gasteiger partial charge in [0.25, 0.3) is 0 Å². The van der Waals surface area contributed by atoms with Crippen LogP contribution in [0.15, 0.2) is 18.2 Å². The maximum Gasteiger partial charge on any atom is 0.387 e. The molecule has 0 saturated heterocycles.